The van der Waals surface area contributed by atoms with E-state index in [1.807, 2.05) is 18.3 Å². The Labute approximate surface area is 114 Å². The van der Waals surface area contributed by atoms with Crippen molar-refractivity contribution in [1.82, 2.24) is 4.98 Å². The Morgan fingerprint density at radius 2 is 1.79 bits per heavy atom. The van der Waals surface area contributed by atoms with Gasteiger partial charge >= 0.3 is 0 Å². The highest BCUT2D eigenvalue weighted by molar-refractivity contribution is 5.24. The van der Waals surface area contributed by atoms with Crippen LogP contribution in [0.1, 0.15) is 44.2 Å². The van der Waals surface area contributed by atoms with E-state index in [1.54, 1.807) is 0 Å². The van der Waals surface area contributed by atoms with Crippen molar-refractivity contribution < 1.29 is 4.74 Å². The molecule has 1 aromatic heterocycles. The van der Waals surface area contributed by atoms with Crippen LogP contribution in [0.2, 0.25) is 0 Å². The first-order valence-electron chi connectivity index (χ1n) is 7.59. The molecule has 5 rings (SSSR count). The molecule has 4 fully saturated rings. The van der Waals surface area contributed by atoms with E-state index in [0.29, 0.717) is 6.54 Å². The van der Waals surface area contributed by atoms with Crippen molar-refractivity contribution in [2.24, 2.45) is 23.5 Å². The molecule has 1 aromatic rings. The maximum absolute atomic E-state index is 6.46. The molecule has 0 unspecified atom stereocenters. The van der Waals surface area contributed by atoms with Crippen LogP contribution in [0.15, 0.2) is 18.3 Å². The summed E-state index contributed by atoms with van der Waals surface area (Å²) < 4.78 is 6.46. The minimum atomic E-state index is 0.127. The first-order valence-corrected chi connectivity index (χ1v) is 7.59. The van der Waals surface area contributed by atoms with E-state index >= 15 is 0 Å². The molecule has 102 valence electrons. The summed E-state index contributed by atoms with van der Waals surface area (Å²) in [5, 5.41) is 0. The molecule has 4 bridgehead atoms. The second-order valence-electron chi connectivity index (χ2n) is 6.89. The molecule has 3 nitrogen and oxygen atoms in total. The lowest BCUT2D eigenvalue weighted by Crippen LogP contribution is -2.53. The van der Waals surface area contributed by atoms with E-state index in [2.05, 4.69) is 4.98 Å². The molecule has 3 heteroatoms. The zero-order chi connectivity index (χ0) is 12.9. The molecular formula is C16H22N2O. The number of ether oxygens (including phenoxy) is 1. The van der Waals surface area contributed by atoms with E-state index in [-0.39, 0.29) is 5.60 Å². The van der Waals surface area contributed by atoms with Gasteiger partial charge in [-0.2, -0.15) is 0 Å². The van der Waals surface area contributed by atoms with Gasteiger partial charge in [-0.3, -0.25) is 4.98 Å². The summed E-state index contributed by atoms with van der Waals surface area (Å²) in [5.74, 6) is 3.73. The largest absolute Gasteiger partial charge is 0.487 e. The van der Waals surface area contributed by atoms with Crippen LogP contribution >= 0.6 is 0 Å². The van der Waals surface area contributed by atoms with E-state index in [4.69, 9.17) is 10.5 Å². The molecule has 4 saturated carbocycles. The summed E-state index contributed by atoms with van der Waals surface area (Å²) >= 11 is 0. The van der Waals surface area contributed by atoms with Gasteiger partial charge in [-0.05, 0) is 62.3 Å². The maximum atomic E-state index is 6.46. The maximum Gasteiger partial charge on any atom is 0.123 e. The quantitative estimate of drug-likeness (QED) is 0.907. The predicted octanol–water partition coefficient (Wildman–Crippen LogP) is 2.89. The summed E-state index contributed by atoms with van der Waals surface area (Å²) in [6.45, 7) is 0.484. The number of pyridine rings is 1. The molecule has 0 amide bonds. The Morgan fingerprint density at radius 3 is 2.37 bits per heavy atom. The third kappa shape index (κ3) is 2.04. The van der Waals surface area contributed by atoms with Crippen LogP contribution in [-0.2, 0) is 6.54 Å². The summed E-state index contributed by atoms with van der Waals surface area (Å²) in [5.41, 5.74) is 6.71. The Kier molecular flexibility index (Phi) is 2.59. The second kappa shape index (κ2) is 4.20. The fourth-order valence-electron chi connectivity index (χ4n) is 5.04. The zero-order valence-electron chi connectivity index (χ0n) is 11.3. The van der Waals surface area contributed by atoms with E-state index in [0.717, 1.165) is 29.2 Å². The Morgan fingerprint density at radius 1 is 1.16 bits per heavy atom. The monoisotopic (exact) mass is 258 g/mol. The van der Waals surface area contributed by atoms with Gasteiger partial charge in [0.05, 0.1) is 5.69 Å². The molecule has 1 heterocycles. The predicted molar refractivity (Wildman–Crippen MR) is 73.7 cm³/mol. The van der Waals surface area contributed by atoms with Gasteiger partial charge in [0.1, 0.15) is 11.4 Å². The fourth-order valence-corrected chi connectivity index (χ4v) is 5.04. The van der Waals surface area contributed by atoms with Crippen LogP contribution in [0.5, 0.6) is 5.75 Å². The first-order chi connectivity index (χ1) is 9.25. The molecule has 4 aliphatic rings. The van der Waals surface area contributed by atoms with Gasteiger partial charge in [-0.25, -0.2) is 0 Å². The Bertz CT molecular complexity index is 450. The van der Waals surface area contributed by atoms with Gasteiger partial charge in [0, 0.05) is 18.8 Å². The lowest BCUT2D eigenvalue weighted by atomic mass is 9.54. The average Bonchev–Trinajstić information content (AvgIpc) is 2.36. The van der Waals surface area contributed by atoms with E-state index < -0.39 is 0 Å². The van der Waals surface area contributed by atoms with Gasteiger partial charge in [0.25, 0.3) is 0 Å². The number of aromatic nitrogens is 1. The number of rotatable bonds is 3. The topological polar surface area (TPSA) is 48.1 Å². The van der Waals surface area contributed by atoms with Crippen LogP contribution in [0, 0.1) is 17.8 Å². The fraction of sp³-hybridized carbons (Fsp3) is 0.688. The highest BCUT2D eigenvalue weighted by atomic mass is 16.5. The normalized spacial score (nSPS) is 39.5. The summed E-state index contributed by atoms with van der Waals surface area (Å²) in [4.78, 5) is 4.25. The summed E-state index contributed by atoms with van der Waals surface area (Å²) in [6.07, 6.45) is 9.96. The highest BCUT2D eigenvalue weighted by Crippen LogP contribution is 2.56. The van der Waals surface area contributed by atoms with Gasteiger partial charge in [0.2, 0.25) is 0 Å². The van der Waals surface area contributed by atoms with E-state index in [1.165, 1.54) is 38.5 Å². The first kappa shape index (κ1) is 11.7. The summed E-state index contributed by atoms with van der Waals surface area (Å²) in [6, 6.07) is 4.00. The molecule has 0 saturated heterocycles. The second-order valence-corrected chi connectivity index (χ2v) is 6.89. The third-order valence-corrected chi connectivity index (χ3v) is 5.31. The number of nitrogens with zero attached hydrogens (tertiary/aromatic N) is 1. The van der Waals surface area contributed by atoms with Crippen molar-refractivity contribution in [2.45, 2.75) is 50.7 Å². The van der Waals surface area contributed by atoms with Crippen molar-refractivity contribution in [2.75, 3.05) is 0 Å². The number of hydrogen-bond acceptors (Lipinski definition) is 3. The van der Waals surface area contributed by atoms with Crippen molar-refractivity contribution in [3.63, 3.8) is 0 Å². The zero-order valence-corrected chi connectivity index (χ0v) is 11.3. The molecule has 19 heavy (non-hydrogen) atoms. The number of hydrogen-bond donors (Lipinski definition) is 1. The highest BCUT2D eigenvalue weighted by Gasteiger charge is 2.52. The van der Waals surface area contributed by atoms with E-state index in [9.17, 15) is 0 Å². The van der Waals surface area contributed by atoms with Crippen LogP contribution in [0.25, 0.3) is 0 Å². The van der Waals surface area contributed by atoms with Crippen molar-refractivity contribution >= 4 is 0 Å². The van der Waals surface area contributed by atoms with Gasteiger partial charge in [0.15, 0.2) is 0 Å². The smallest absolute Gasteiger partial charge is 0.123 e. The van der Waals surface area contributed by atoms with Crippen LogP contribution in [0.3, 0.4) is 0 Å². The Hall–Kier alpha value is -1.09. The molecule has 4 aliphatic carbocycles. The van der Waals surface area contributed by atoms with Gasteiger partial charge in [-0.15, -0.1) is 0 Å². The molecule has 0 radical (unpaired) electrons. The average molecular weight is 258 g/mol. The molecule has 0 spiro atoms. The summed E-state index contributed by atoms with van der Waals surface area (Å²) in [7, 11) is 0. The van der Waals surface area contributed by atoms with Gasteiger partial charge in [-0.1, -0.05) is 0 Å². The molecule has 0 aliphatic heterocycles. The minimum absolute atomic E-state index is 0.127. The molecular weight excluding hydrogens is 236 g/mol. The minimum Gasteiger partial charge on any atom is -0.487 e. The standard InChI is InChI=1S/C16H22N2O/c17-10-14-6-15(1-2-18-14)19-16-7-11-3-12(8-16)5-13(4-11)9-16/h1-2,6,11-13H,3-5,7-10,17H2. The SMILES string of the molecule is NCc1cc(OC23CC4CC(CC(C4)C2)C3)ccn1. The molecule has 0 atom stereocenters. The van der Waals surface area contributed by atoms with Crippen LogP contribution in [-0.4, -0.2) is 10.6 Å². The van der Waals surface area contributed by atoms with Crippen LogP contribution < -0.4 is 10.5 Å². The van der Waals surface area contributed by atoms with Gasteiger partial charge < -0.3 is 10.5 Å². The lowest BCUT2D eigenvalue weighted by molar-refractivity contribution is -0.107. The van der Waals surface area contributed by atoms with Crippen LogP contribution in [0.4, 0.5) is 0 Å². The third-order valence-electron chi connectivity index (χ3n) is 5.31. The van der Waals surface area contributed by atoms with Crippen molar-refractivity contribution in [3.05, 3.63) is 24.0 Å². The molecule has 0 aromatic carbocycles. The Balaban J connectivity index is 1.58. The lowest BCUT2D eigenvalue weighted by Gasteiger charge is -2.56. The van der Waals surface area contributed by atoms with Crippen molar-refractivity contribution in [3.8, 4) is 5.75 Å². The number of nitrogens with two attached hydrogens (primary N) is 1. The molecule has 2 N–H and O–H groups in total. The van der Waals surface area contributed by atoms with Crippen molar-refractivity contribution in [1.29, 1.82) is 0 Å².